The molecule has 1 N–H and O–H groups in total. The first kappa shape index (κ1) is 9.58. The van der Waals surface area contributed by atoms with E-state index in [9.17, 15) is 0 Å². The highest BCUT2D eigenvalue weighted by Gasteiger charge is 2.05. The zero-order chi connectivity index (χ0) is 10.7. The third-order valence-corrected chi connectivity index (χ3v) is 2.13. The molecule has 0 aliphatic carbocycles. The molecule has 2 rings (SSSR count). The molecule has 2 aromatic heterocycles. The Kier molecular flexibility index (Phi) is 2.58. The summed E-state index contributed by atoms with van der Waals surface area (Å²) >= 11 is 0. The third kappa shape index (κ3) is 1.93. The monoisotopic (exact) mass is 200 g/mol. The van der Waals surface area contributed by atoms with Crippen molar-refractivity contribution >= 4 is 5.95 Å². The van der Waals surface area contributed by atoms with Gasteiger partial charge in [-0.05, 0) is 24.6 Å². The summed E-state index contributed by atoms with van der Waals surface area (Å²) < 4.78 is 0. The molecule has 0 unspecified atom stereocenters. The topological polar surface area (TPSA) is 50.7 Å². The Bertz CT molecular complexity index is 453. The van der Waals surface area contributed by atoms with Gasteiger partial charge in [0, 0.05) is 31.2 Å². The molecule has 15 heavy (non-hydrogen) atoms. The van der Waals surface area contributed by atoms with Crippen LogP contribution in [0.1, 0.15) is 5.56 Å². The molecule has 2 heterocycles. The van der Waals surface area contributed by atoms with Gasteiger partial charge in [0.2, 0.25) is 5.95 Å². The lowest BCUT2D eigenvalue weighted by molar-refractivity contribution is 1.12. The van der Waals surface area contributed by atoms with E-state index in [0.717, 1.165) is 16.8 Å². The van der Waals surface area contributed by atoms with Crippen molar-refractivity contribution in [3.05, 3.63) is 36.3 Å². The maximum absolute atomic E-state index is 4.40. The predicted octanol–water partition coefficient (Wildman–Crippen LogP) is 1.89. The molecule has 0 aliphatic rings. The van der Waals surface area contributed by atoms with E-state index in [1.54, 1.807) is 25.6 Å². The van der Waals surface area contributed by atoms with Crippen LogP contribution >= 0.6 is 0 Å². The van der Waals surface area contributed by atoms with Crippen molar-refractivity contribution in [2.75, 3.05) is 12.4 Å². The minimum absolute atomic E-state index is 0.624. The maximum Gasteiger partial charge on any atom is 0.222 e. The normalized spacial score (nSPS) is 10.0. The van der Waals surface area contributed by atoms with Crippen molar-refractivity contribution in [1.29, 1.82) is 0 Å². The highest BCUT2D eigenvalue weighted by molar-refractivity contribution is 5.62. The van der Waals surface area contributed by atoms with Crippen molar-refractivity contribution in [1.82, 2.24) is 15.0 Å². The molecule has 0 aromatic carbocycles. The smallest absolute Gasteiger partial charge is 0.222 e. The highest BCUT2D eigenvalue weighted by Crippen LogP contribution is 2.20. The van der Waals surface area contributed by atoms with E-state index >= 15 is 0 Å². The van der Waals surface area contributed by atoms with Crippen LogP contribution in [-0.4, -0.2) is 22.0 Å². The molecule has 0 fully saturated rings. The second-order valence-electron chi connectivity index (χ2n) is 3.22. The third-order valence-electron chi connectivity index (χ3n) is 2.13. The van der Waals surface area contributed by atoms with Crippen LogP contribution in [0.4, 0.5) is 5.95 Å². The first-order chi connectivity index (χ1) is 7.31. The molecule has 0 atom stereocenters. The fraction of sp³-hybridized carbons (Fsp3) is 0.182. The molecule has 0 saturated carbocycles. The fourth-order valence-corrected chi connectivity index (χ4v) is 1.36. The van der Waals surface area contributed by atoms with Gasteiger partial charge in [-0.1, -0.05) is 0 Å². The zero-order valence-electron chi connectivity index (χ0n) is 8.73. The van der Waals surface area contributed by atoms with Gasteiger partial charge in [-0.25, -0.2) is 9.97 Å². The summed E-state index contributed by atoms with van der Waals surface area (Å²) in [5, 5.41) is 2.92. The first-order valence-electron chi connectivity index (χ1n) is 4.73. The van der Waals surface area contributed by atoms with Gasteiger partial charge in [-0.2, -0.15) is 0 Å². The minimum Gasteiger partial charge on any atom is -0.357 e. The lowest BCUT2D eigenvalue weighted by atomic mass is 10.1. The molecule has 0 amide bonds. The van der Waals surface area contributed by atoms with Gasteiger partial charge in [0.15, 0.2) is 0 Å². The molecule has 0 spiro atoms. The van der Waals surface area contributed by atoms with Crippen LogP contribution in [0.25, 0.3) is 11.3 Å². The molecule has 2 aromatic rings. The number of nitrogens with one attached hydrogen (secondary N) is 1. The van der Waals surface area contributed by atoms with E-state index in [2.05, 4.69) is 20.3 Å². The number of rotatable bonds is 2. The Morgan fingerprint density at radius 3 is 2.80 bits per heavy atom. The molecule has 0 aliphatic heterocycles. The number of aromatic nitrogens is 3. The van der Waals surface area contributed by atoms with E-state index in [-0.39, 0.29) is 0 Å². The molecule has 4 heteroatoms. The summed E-state index contributed by atoms with van der Waals surface area (Å²) in [6.45, 7) is 1.99. The van der Waals surface area contributed by atoms with Crippen LogP contribution in [-0.2, 0) is 0 Å². The lowest BCUT2D eigenvalue weighted by Gasteiger charge is -2.05. The van der Waals surface area contributed by atoms with Crippen LogP contribution < -0.4 is 5.32 Å². The fourth-order valence-electron chi connectivity index (χ4n) is 1.36. The minimum atomic E-state index is 0.624. The number of hydrogen-bond donors (Lipinski definition) is 1. The van der Waals surface area contributed by atoms with Gasteiger partial charge >= 0.3 is 0 Å². The first-order valence-corrected chi connectivity index (χ1v) is 4.73. The van der Waals surface area contributed by atoms with E-state index < -0.39 is 0 Å². The molecule has 0 saturated heterocycles. The molecular formula is C11H12N4. The second-order valence-corrected chi connectivity index (χ2v) is 3.22. The summed E-state index contributed by atoms with van der Waals surface area (Å²) in [5.74, 6) is 0.624. The van der Waals surface area contributed by atoms with E-state index in [4.69, 9.17) is 0 Å². The molecule has 0 bridgehead atoms. The zero-order valence-corrected chi connectivity index (χ0v) is 8.73. The average molecular weight is 200 g/mol. The van der Waals surface area contributed by atoms with Crippen molar-refractivity contribution < 1.29 is 0 Å². The standard InChI is InChI=1S/C11H12N4/c1-8-6-14-11(12-2)15-10(8)9-4-3-5-13-7-9/h3-7H,1-2H3,(H,12,14,15). The summed E-state index contributed by atoms with van der Waals surface area (Å²) in [6, 6.07) is 3.89. The Labute approximate surface area is 88.4 Å². The van der Waals surface area contributed by atoms with Crippen molar-refractivity contribution in [2.24, 2.45) is 0 Å². The van der Waals surface area contributed by atoms with Gasteiger partial charge in [0.25, 0.3) is 0 Å². The summed E-state index contributed by atoms with van der Waals surface area (Å²) in [4.78, 5) is 12.6. The van der Waals surface area contributed by atoms with E-state index in [1.807, 2.05) is 19.1 Å². The maximum atomic E-state index is 4.40. The highest BCUT2D eigenvalue weighted by atomic mass is 15.1. The van der Waals surface area contributed by atoms with Gasteiger partial charge in [0.05, 0.1) is 5.69 Å². The van der Waals surface area contributed by atoms with Crippen molar-refractivity contribution in [3.63, 3.8) is 0 Å². The van der Waals surface area contributed by atoms with Gasteiger partial charge < -0.3 is 5.32 Å². The summed E-state index contributed by atoms with van der Waals surface area (Å²) in [5.41, 5.74) is 2.97. The Morgan fingerprint density at radius 2 is 2.13 bits per heavy atom. The number of anilines is 1. The molecule has 0 radical (unpaired) electrons. The van der Waals surface area contributed by atoms with Gasteiger partial charge in [-0.15, -0.1) is 0 Å². The van der Waals surface area contributed by atoms with Crippen LogP contribution in [0, 0.1) is 6.92 Å². The van der Waals surface area contributed by atoms with Crippen molar-refractivity contribution in [3.8, 4) is 11.3 Å². The molecule has 76 valence electrons. The van der Waals surface area contributed by atoms with Gasteiger partial charge in [-0.3, -0.25) is 4.98 Å². The number of pyridine rings is 1. The van der Waals surface area contributed by atoms with Crippen LogP contribution in [0.5, 0.6) is 0 Å². The lowest BCUT2D eigenvalue weighted by Crippen LogP contribution is -1.99. The predicted molar refractivity (Wildman–Crippen MR) is 59.5 cm³/mol. The summed E-state index contributed by atoms with van der Waals surface area (Å²) in [6.07, 6.45) is 5.36. The van der Waals surface area contributed by atoms with Crippen LogP contribution in [0.15, 0.2) is 30.7 Å². The molecule has 4 nitrogen and oxygen atoms in total. The average Bonchev–Trinajstić information content (AvgIpc) is 2.31. The van der Waals surface area contributed by atoms with E-state index in [0.29, 0.717) is 5.95 Å². The van der Waals surface area contributed by atoms with Crippen LogP contribution in [0.2, 0.25) is 0 Å². The number of hydrogen-bond acceptors (Lipinski definition) is 4. The summed E-state index contributed by atoms with van der Waals surface area (Å²) in [7, 11) is 1.80. The van der Waals surface area contributed by atoms with Crippen LogP contribution in [0.3, 0.4) is 0 Å². The van der Waals surface area contributed by atoms with Gasteiger partial charge in [0.1, 0.15) is 0 Å². The Hall–Kier alpha value is -1.97. The van der Waals surface area contributed by atoms with E-state index in [1.165, 1.54) is 0 Å². The quantitative estimate of drug-likeness (QED) is 0.804. The Morgan fingerprint density at radius 1 is 1.27 bits per heavy atom. The number of nitrogens with zero attached hydrogens (tertiary/aromatic N) is 3. The largest absolute Gasteiger partial charge is 0.357 e. The van der Waals surface area contributed by atoms with Crippen molar-refractivity contribution in [2.45, 2.75) is 6.92 Å². The SMILES string of the molecule is CNc1ncc(C)c(-c2cccnc2)n1. The second kappa shape index (κ2) is 4.04. The Balaban J connectivity index is 2.52. The molecular weight excluding hydrogens is 188 g/mol. The number of aryl methyl sites for hydroxylation is 1.